The van der Waals surface area contributed by atoms with E-state index in [1.807, 2.05) is 48.0 Å². The van der Waals surface area contributed by atoms with Crippen molar-refractivity contribution in [2.45, 2.75) is 0 Å². The largest absolute Gasteiger partial charge is 0.360 e. The van der Waals surface area contributed by atoms with Crippen molar-refractivity contribution in [3.63, 3.8) is 0 Å². The SMILES string of the molecule is Fc1ccc(N=c2scc(-c3ccccc3Br)n2N=Cc2ccc[nH]2)cc1. The van der Waals surface area contributed by atoms with Gasteiger partial charge in [0.05, 0.1) is 23.3 Å². The number of aromatic amines is 1. The first kappa shape index (κ1) is 17.6. The van der Waals surface area contributed by atoms with Crippen LogP contribution < -0.4 is 4.80 Å². The van der Waals surface area contributed by atoms with Gasteiger partial charge in [0.2, 0.25) is 4.80 Å². The van der Waals surface area contributed by atoms with Crippen molar-refractivity contribution in [2.75, 3.05) is 0 Å². The second-order valence-electron chi connectivity index (χ2n) is 5.65. The molecular formula is C20H14BrFN4S. The lowest BCUT2D eigenvalue weighted by atomic mass is 10.2. The van der Waals surface area contributed by atoms with Gasteiger partial charge in [0.1, 0.15) is 5.82 Å². The van der Waals surface area contributed by atoms with Crippen LogP contribution in [0.2, 0.25) is 0 Å². The normalized spacial score (nSPS) is 12.1. The van der Waals surface area contributed by atoms with Gasteiger partial charge in [0.25, 0.3) is 0 Å². The zero-order valence-electron chi connectivity index (χ0n) is 14.0. The topological polar surface area (TPSA) is 45.4 Å². The Morgan fingerprint density at radius 1 is 1.04 bits per heavy atom. The first-order chi connectivity index (χ1) is 13.2. The van der Waals surface area contributed by atoms with E-state index < -0.39 is 0 Å². The number of benzene rings is 2. The number of nitrogens with one attached hydrogen (secondary N) is 1. The maximum atomic E-state index is 13.2. The Labute approximate surface area is 167 Å². The number of nitrogens with zero attached hydrogens (tertiary/aromatic N) is 3. The molecule has 0 saturated heterocycles. The molecule has 2 heterocycles. The third kappa shape index (κ3) is 3.99. The average Bonchev–Trinajstić information content (AvgIpc) is 3.32. The molecule has 7 heteroatoms. The molecule has 0 fully saturated rings. The van der Waals surface area contributed by atoms with E-state index in [1.165, 1.54) is 23.5 Å². The second-order valence-corrected chi connectivity index (χ2v) is 7.34. The van der Waals surface area contributed by atoms with Crippen LogP contribution >= 0.6 is 27.3 Å². The molecule has 0 spiro atoms. The summed E-state index contributed by atoms with van der Waals surface area (Å²) in [6.07, 6.45) is 3.59. The van der Waals surface area contributed by atoms with Crippen LogP contribution in [-0.4, -0.2) is 15.9 Å². The average molecular weight is 441 g/mol. The van der Waals surface area contributed by atoms with Gasteiger partial charge in [0, 0.05) is 21.6 Å². The molecule has 2 aromatic heterocycles. The van der Waals surface area contributed by atoms with Gasteiger partial charge in [-0.3, -0.25) is 0 Å². The quantitative estimate of drug-likeness (QED) is 0.403. The highest BCUT2D eigenvalue weighted by atomic mass is 79.9. The molecule has 134 valence electrons. The van der Waals surface area contributed by atoms with E-state index in [1.54, 1.807) is 23.0 Å². The van der Waals surface area contributed by atoms with Gasteiger partial charge in [-0.1, -0.05) is 34.1 Å². The minimum absolute atomic E-state index is 0.285. The van der Waals surface area contributed by atoms with Crippen LogP contribution in [0.5, 0.6) is 0 Å². The number of thiazole rings is 1. The molecule has 27 heavy (non-hydrogen) atoms. The Balaban J connectivity index is 1.86. The molecule has 0 atom stereocenters. The first-order valence-corrected chi connectivity index (χ1v) is 9.81. The van der Waals surface area contributed by atoms with Crippen LogP contribution in [0.15, 0.2) is 86.8 Å². The Hall–Kier alpha value is -2.77. The molecule has 4 nitrogen and oxygen atoms in total. The fraction of sp³-hybridized carbons (Fsp3) is 0. The van der Waals surface area contributed by atoms with Gasteiger partial charge in [-0.05, 0) is 42.5 Å². The van der Waals surface area contributed by atoms with E-state index in [9.17, 15) is 4.39 Å². The van der Waals surface area contributed by atoms with E-state index in [0.717, 1.165) is 21.4 Å². The number of rotatable bonds is 4. The molecule has 0 amide bonds. The van der Waals surface area contributed by atoms with Crippen molar-refractivity contribution < 1.29 is 4.39 Å². The summed E-state index contributed by atoms with van der Waals surface area (Å²) >= 11 is 5.08. The van der Waals surface area contributed by atoms with Crippen molar-refractivity contribution in [3.05, 3.63) is 93.0 Å². The number of halogens is 2. The van der Waals surface area contributed by atoms with Crippen molar-refractivity contribution >= 4 is 39.2 Å². The molecule has 2 aromatic carbocycles. The van der Waals surface area contributed by atoms with Crippen LogP contribution in [0, 0.1) is 5.82 Å². The monoisotopic (exact) mass is 440 g/mol. The summed E-state index contributed by atoms with van der Waals surface area (Å²) in [5, 5.41) is 6.63. The Morgan fingerprint density at radius 3 is 2.59 bits per heavy atom. The molecule has 4 aromatic rings. The highest BCUT2D eigenvalue weighted by molar-refractivity contribution is 9.10. The van der Waals surface area contributed by atoms with E-state index in [4.69, 9.17) is 0 Å². The minimum atomic E-state index is -0.285. The van der Waals surface area contributed by atoms with E-state index in [-0.39, 0.29) is 5.82 Å². The molecular weight excluding hydrogens is 427 g/mol. The lowest BCUT2D eigenvalue weighted by molar-refractivity contribution is 0.628. The maximum absolute atomic E-state index is 13.2. The number of H-pyrrole nitrogens is 1. The molecule has 0 aliphatic rings. The minimum Gasteiger partial charge on any atom is -0.360 e. The predicted molar refractivity (Wildman–Crippen MR) is 111 cm³/mol. The summed E-state index contributed by atoms with van der Waals surface area (Å²) in [4.78, 5) is 8.43. The number of hydrogen-bond acceptors (Lipinski definition) is 3. The van der Waals surface area contributed by atoms with Crippen molar-refractivity contribution in [2.24, 2.45) is 10.1 Å². The van der Waals surface area contributed by atoms with Crippen LogP contribution in [-0.2, 0) is 0 Å². The van der Waals surface area contributed by atoms with Crippen LogP contribution in [0.4, 0.5) is 10.1 Å². The first-order valence-electron chi connectivity index (χ1n) is 8.14. The van der Waals surface area contributed by atoms with Crippen LogP contribution in [0.25, 0.3) is 11.3 Å². The van der Waals surface area contributed by atoms with Crippen LogP contribution in [0.3, 0.4) is 0 Å². The van der Waals surface area contributed by atoms with Crippen molar-refractivity contribution in [1.82, 2.24) is 9.66 Å². The van der Waals surface area contributed by atoms with Gasteiger partial charge in [-0.25, -0.2) is 14.1 Å². The number of hydrogen-bond donors (Lipinski definition) is 1. The number of aromatic nitrogens is 2. The summed E-state index contributed by atoms with van der Waals surface area (Å²) in [6, 6.07) is 17.9. The fourth-order valence-corrected chi connectivity index (χ4v) is 3.85. The van der Waals surface area contributed by atoms with Gasteiger partial charge in [0.15, 0.2) is 0 Å². The van der Waals surface area contributed by atoms with E-state index in [0.29, 0.717) is 10.5 Å². The molecule has 0 saturated carbocycles. The second kappa shape index (κ2) is 7.85. The van der Waals surface area contributed by atoms with Gasteiger partial charge < -0.3 is 4.98 Å². The zero-order chi connectivity index (χ0) is 18.6. The third-order valence-corrected chi connectivity index (χ3v) is 5.33. The summed E-state index contributed by atoms with van der Waals surface area (Å²) in [5.74, 6) is -0.285. The Bertz CT molecular complexity index is 1140. The highest BCUT2D eigenvalue weighted by Gasteiger charge is 2.10. The maximum Gasteiger partial charge on any atom is 0.211 e. The predicted octanol–water partition coefficient (Wildman–Crippen LogP) is 5.56. The van der Waals surface area contributed by atoms with E-state index >= 15 is 0 Å². The zero-order valence-corrected chi connectivity index (χ0v) is 16.4. The molecule has 0 bridgehead atoms. The van der Waals surface area contributed by atoms with Crippen LogP contribution in [0.1, 0.15) is 5.69 Å². The van der Waals surface area contributed by atoms with Gasteiger partial charge >= 0.3 is 0 Å². The molecule has 0 aliphatic carbocycles. The van der Waals surface area contributed by atoms with E-state index in [2.05, 4.69) is 31.0 Å². The summed E-state index contributed by atoms with van der Waals surface area (Å²) in [7, 11) is 0. The summed E-state index contributed by atoms with van der Waals surface area (Å²) < 4.78 is 15.9. The lowest BCUT2D eigenvalue weighted by Gasteiger charge is -2.05. The lowest BCUT2D eigenvalue weighted by Crippen LogP contribution is -2.11. The standard InChI is InChI=1S/C20H14BrFN4S/c21-18-6-2-1-5-17(18)19-13-27-20(25-15-9-7-14(22)8-10-15)26(19)24-12-16-4-3-11-23-16/h1-13,23H. The van der Waals surface area contributed by atoms with Gasteiger partial charge in [-0.2, -0.15) is 5.10 Å². The van der Waals surface area contributed by atoms with Crippen molar-refractivity contribution in [1.29, 1.82) is 0 Å². The summed E-state index contributed by atoms with van der Waals surface area (Å²) in [6.45, 7) is 0. The fourth-order valence-electron chi connectivity index (χ4n) is 2.51. The molecule has 4 rings (SSSR count). The Morgan fingerprint density at radius 2 is 1.85 bits per heavy atom. The molecule has 0 radical (unpaired) electrons. The molecule has 0 unspecified atom stereocenters. The van der Waals surface area contributed by atoms with Gasteiger partial charge in [-0.15, -0.1) is 11.3 Å². The third-order valence-electron chi connectivity index (χ3n) is 3.82. The smallest absolute Gasteiger partial charge is 0.211 e. The Kier molecular flexibility index (Phi) is 5.13. The molecule has 0 aliphatic heterocycles. The summed E-state index contributed by atoms with van der Waals surface area (Å²) in [5.41, 5.74) is 3.48. The molecule has 1 N–H and O–H groups in total. The van der Waals surface area contributed by atoms with Crippen molar-refractivity contribution in [3.8, 4) is 11.3 Å². The highest BCUT2D eigenvalue weighted by Crippen LogP contribution is 2.28.